The van der Waals surface area contributed by atoms with E-state index in [9.17, 15) is 13.6 Å². The molecule has 144 valence electrons. The van der Waals surface area contributed by atoms with Crippen molar-refractivity contribution in [3.8, 4) is 0 Å². The molecule has 1 aromatic heterocycles. The number of halogens is 2. The maximum Gasteiger partial charge on any atom is 0.251 e. The molecule has 1 aromatic rings. The Morgan fingerprint density at radius 2 is 2.00 bits per heavy atom. The monoisotopic (exact) mass is 368 g/mol. The number of amides is 1. The van der Waals surface area contributed by atoms with Crippen LogP contribution in [0, 0.1) is 5.92 Å². The van der Waals surface area contributed by atoms with Gasteiger partial charge in [0.25, 0.3) is 5.92 Å². The van der Waals surface area contributed by atoms with Gasteiger partial charge in [-0.25, -0.2) is 13.8 Å². The minimum Gasteiger partial charge on any atom is -0.381 e. The average molecular weight is 368 g/mol. The van der Waals surface area contributed by atoms with Crippen LogP contribution in [0.25, 0.3) is 0 Å². The van der Waals surface area contributed by atoms with Gasteiger partial charge in [0.1, 0.15) is 6.04 Å². The first-order chi connectivity index (χ1) is 12.5. The van der Waals surface area contributed by atoms with E-state index in [1.807, 2.05) is 4.57 Å². The van der Waals surface area contributed by atoms with E-state index >= 15 is 0 Å². The number of fused-ring (bicyclic) bond motifs is 1. The first-order valence-corrected chi connectivity index (χ1v) is 9.49. The van der Waals surface area contributed by atoms with E-state index in [2.05, 4.69) is 9.88 Å². The van der Waals surface area contributed by atoms with Gasteiger partial charge in [-0.05, 0) is 18.8 Å². The lowest BCUT2D eigenvalue weighted by molar-refractivity contribution is -0.142. The summed E-state index contributed by atoms with van der Waals surface area (Å²) in [5, 5.41) is 0. The molecule has 2 saturated heterocycles. The molecular weight excluding hydrogens is 342 g/mol. The highest BCUT2D eigenvalue weighted by Crippen LogP contribution is 2.31. The van der Waals surface area contributed by atoms with Crippen molar-refractivity contribution in [1.29, 1.82) is 0 Å². The third kappa shape index (κ3) is 3.76. The zero-order chi connectivity index (χ0) is 18.1. The number of imidazole rings is 1. The van der Waals surface area contributed by atoms with Gasteiger partial charge in [0.05, 0.1) is 12.0 Å². The van der Waals surface area contributed by atoms with Crippen molar-refractivity contribution in [2.45, 2.75) is 44.2 Å². The molecule has 0 saturated carbocycles. The molecule has 0 aromatic carbocycles. The predicted molar refractivity (Wildman–Crippen MR) is 90.8 cm³/mol. The molecule has 0 spiro atoms. The van der Waals surface area contributed by atoms with Crippen LogP contribution < -0.4 is 0 Å². The number of hydrogen-bond acceptors (Lipinski definition) is 4. The lowest BCUT2D eigenvalue weighted by Crippen LogP contribution is -2.50. The molecule has 0 bridgehead atoms. The molecule has 0 unspecified atom stereocenters. The van der Waals surface area contributed by atoms with E-state index in [4.69, 9.17) is 4.74 Å². The van der Waals surface area contributed by atoms with Crippen LogP contribution in [-0.4, -0.2) is 70.6 Å². The lowest BCUT2D eigenvalue weighted by atomic mass is 9.98. The van der Waals surface area contributed by atoms with Crippen molar-refractivity contribution in [1.82, 2.24) is 19.4 Å². The molecule has 1 atom stereocenters. The largest absolute Gasteiger partial charge is 0.381 e. The Morgan fingerprint density at radius 3 is 2.73 bits per heavy atom. The molecule has 1 amide bonds. The van der Waals surface area contributed by atoms with Crippen molar-refractivity contribution in [3.63, 3.8) is 0 Å². The zero-order valence-corrected chi connectivity index (χ0v) is 14.9. The Labute approximate surface area is 152 Å². The number of nitrogens with zero attached hydrogens (tertiary/aromatic N) is 4. The second kappa shape index (κ2) is 7.23. The molecule has 26 heavy (non-hydrogen) atoms. The fraction of sp³-hybridized carbons (Fsp3) is 0.778. The molecule has 0 aliphatic carbocycles. The van der Waals surface area contributed by atoms with Gasteiger partial charge in [0.15, 0.2) is 0 Å². The number of ether oxygens (including phenoxy) is 1. The third-order valence-electron chi connectivity index (χ3n) is 5.85. The summed E-state index contributed by atoms with van der Waals surface area (Å²) in [5.41, 5.74) is 1.02. The van der Waals surface area contributed by atoms with Crippen LogP contribution in [-0.2, 0) is 16.1 Å². The van der Waals surface area contributed by atoms with Gasteiger partial charge < -0.3 is 14.2 Å². The van der Waals surface area contributed by atoms with Crippen LogP contribution in [0.1, 0.15) is 37.4 Å². The summed E-state index contributed by atoms with van der Waals surface area (Å²) in [6.45, 7) is 4.21. The second-order valence-corrected chi connectivity index (χ2v) is 7.74. The zero-order valence-electron chi connectivity index (χ0n) is 14.9. The smallest absolute Gasteiger partial charge is 0.251 e. The van der Waals surface area contributed by atoms with Crippen LogP contribution >= 0.6 is 0 Å². The summed E-state index contributed by atoms with van der Waals surface area (Å²) in [5.74, 6) is -2.11. The number of rotatable bonds is 3. The maximum atomic E-state index is 13.4. The van der Waals surface area contributed by atoms with Gasteiger partial charge in [-0.3, -0.25) is 9.69 Å². The highest BCUT2D eigenvalue weighted by molar-refractivity contribution is 5.81. The number of carbonyl (C=O) groups excluding carboxylic acids is 1. The summed E-state index contributed by atoms with van der Waals surface area (Å²) in [7, 11) is 0. The van der Waals surface area contributed by atoms with E-state index < -0.39 is 5.92 Å². The van der Waals surface area contributed by atoms with Crippen LogP contribution in [0.5, 0.6) is 0 Å². The molecular formula is C18H26F2N4O2. The molecule has 4 heterocycles. The molecule has 4 rings (SSSR count). The van der Waals surface area contributed by atoms with Crippen molar-refractivity contribution < 1.29 is 18.3 Å². The first-order valence-electron chi connectivity index (χ1n) is 9.49. The van der Waals surface area contributed by atoms with Crippen LogP contribution in [0.2, 0.25) is 0 Å². The maximum absolute atomic E-state index is 13.4. The van der Waals surface area contributed by atoms with Gasteiger partial charge in [-0.1, -0.05) is 0 Å². The standard InChI is InChI=1S/C18H26F2N4O2/c19-18(20)3-5-23(6-4-18)17(25)16-12-22(10-14-1-7-26-8-2-14)11-15-9-21-13-24(15)16/h9,13-14,16H,1-8,10-12H2/t16-/m0/s1. The minimum absolute atomic E-state index is 0.0589. The molecule has 3 aliphatic rings. The summed E-state index contributed by atoms with van der Waals surface area (Å²) < 4.78 is 34.2. The normalized spacial score (nSPS) is 27.3. The molecule has 0 N–H and O–H groups in total. The quantitative estimate of drug-likeness (QED) is 0.818. The average Bonchev–Trinajstić information content (AvgIpc) is 3.10. The summed E-state index contributed by atoms with van der Waals surface area (Å²) >= 11 is 0. The Morgan fingerprint density at radius 1 is 1.27 bits per heavy atom. The van der Waals surface area contributed by atoms with Gasteiger partial charge in [0.2, 0.25) is 5.91 Å². The fourth-order valence-electron chi connectivity index (χ4n) is 4.26. The Hall–Kier alpha value is -1.54. The minimum atomic E-state index is -2.64. The van der Waals surface area contributed by atoms with Gasteiger partial charge in [-0.15, -0.1) is 0 Å². The Bertz CT molecular complexity index is 635. The molecule has 3 aliphatic heterocycles. The van der Waals surface area contributed by atoms with Crippen molar-refractivity contribution in [3.05, 3.63) is 18.2 Å². The van der Waals surface area contributed by atoms with Gasteiger partial charge >= 0.3 is 0 Å². The van der Waals surface area contributed by atoms with E-state index in [1.165, 1.54) is 0 Å². The summed E-state index contributed by atoms with van der Waals surface area (Å²) in [6, 6.07) is -0.368. The van der Waals surface area contributed by atoms with Crippen molar-refractivity contribution in [2.75, 3.05) is 39.4 Å². The number of hydrogen-bond donors (Lipinski definition) is 0. The van der Waals surface area contributed by atoms with Crippen molar-refractivity contribution >= 4 is 5.91 Å². The van der Waals surface area contributed by atoms with Gasteiger partial charge in [0, 0.05) is 65.0 Å². The Balaban J connectivity index is 1.45. The summed E-state index contributed by atoms with van der Waals surface area (Å²) in [4.78, 5) is 21.2. The van der Waals surface area contributed by atoms with E-state index in [-0.39, 0.29) is 37.9 Å². The SMILES string of the molecule is O=C([C@@H]1CN(CC2CCOCC2)Cc2cncn21)N1CCC(F)(F)CC1. The number of carbonyl (C=O) groups is 1. The van der Waals surface area contributed by atoms with Crippen LogP contribution in [0.4, 0.5) is 8.78 Å². The molecule has 2 fully saturated rings. The third-order valence-corrected chi connectivity index (χ3v) is 5.85. The number of aromatic nitrogens is 2. The van der Waals surface area contributed by atoms with E-state index in [1.54, 1.807) is 17.4 Å². The van der Waals surface area contributed by atoms with Gasteiger partial charge in [-0.2, -0.15) is 0 Å². The number of alkyl halides is 2. The highest BCUT2D eigenvalue weighted by Gasteiger charge is 2.39. The second-order valence-electron chi connectivity index (χ2n) is 7.74. The highest BCUT2D eigenvalue weighted by atomic mass is 19.3. The number of piperidine rings is 1. The van der Waals surface area contributed by atoms with Crippen LogP contribution in [0.3, 0.4) is 0 Å². The molecule has 6 nitrogen and oxygen atoms in total. The van der Waals surface area contributed by atoms with Crippen molar-refractivity contribution in [2.24, 2.45) is 5.92 Å². The number of likely N-dealkylation sites (tertiary alicyclic amines) is 1. The predicted octanol–water partition coefficient (Wildman–Crippen LogP) is 1.92. The topological polar surface area (TPSA) is 50.6 Å². The molecule has 0 radical (unpaired) electrons. The molecule has 8 heteroatoms. The van der Waals surface area contributed by atoms with E-state index in [0.717, 1.165) is 44.8 Å². The summed E-state index contributed by atoms with van der Waals surface area (Å²) in [6.07, 6.45) is 5.12. The fourth-order valence-corrected chi connectivity index (χ4v) is 4.26. The Kier molecular flexibility index (Phi) is 4.96. The first kappa shape index (κ1) is 17.9. The van der Waals surface area contributed by atoms with E-state index in [0.29, 0.717) is 12.5 Å². The van der Waals surface area contributed by atoms with Crippen LogP contribution in [0.15, 0.2) is 12.5 Å². The lowest BCUT2D eigenvalue weighted by Gasteiger charge is -2.39.